The lowest BCUT2D eigenvalue weighted by molar-refractivity contribution is -0.142. The second-order valence-corrected chi connectivity index (χ2v) is 8.36. The van der Waals surface area contributed by atoms with Gasteiger partial charge in [0.25, 0.3) is 0 Å². The van der Waals surface area contributed by atoms with Gasteiger partial charge in [-0.2, -0.15) is 0 Å². The van der Waals surface area contributed by atoms with Crippen molar-refractivity contribution in [1.29, 1.82) is 0 Å². The van der Waals surface area contributed by atoms with Gasteiger partial charge in [-0.3, -0.25) is 24.2 Å². The van der Waals surface area contributed by atoms with Crippen molar-refractivity contribution in [3.05, 3.63) is 18.2 Å². The molecule has 0 unspecified atom stereocenters. The van der Waals surface area contributed by atoms with E-state index in [2.05, 4.69) is 21.2 Å². The van der Waals surface area contributed by atoms with Crippen LogP contribution < -0.4 is 15.0 Å². The Kier molecular flexibility index (Phi) is 6.14. The summed E-state index contributed by atoms with van der Waals surface area (Å²) in [6, 6.07) is 5.96. The number of benzene rings is 1. The second kappa shape index (κ2) is 8.97. The molecule has 2 saturated heterocycles. The number of fused-ring (bicyclic) bond motifs is 1. The van der Waals surface area contributed by atoms with E-state index >= 15 is 0 Å². The zero-order valence-corrected chi connectivity index (χ0v) is 17.7. The summed E-state index contributed by atoms with van der Waals surface area (Å²) in [4.78, 5) is 45.5. The number of thiazole rings is 1. The summed E-state index contributed by atoms with van der Waals surface area (Å²) in [7, 11) is 1.66. The van der Waals surface area contributed by atoms with Crippen LogP contribution in [0.15, 0.2) is 18.2 Å². The summed E-state index contributed by atoms with van der Waals surface area (Å²) in [6.45, 7) is 4.55. The quantitative estimate of drug-likeness (QED) is 0.645. The highest BCUT2D eigenvalue weighted by atomic mass is 32.1. The van der Waals surface area contributed by atoms with Crippen molar-refractivity contribution in [2.45, 2.75) is 12.8 Å². The number of rotatable bonds is 7. The van der Waals surface area contributed by atoms with Crippen LogP contribution in [0.5, 0.6) is 5.75 Å². The molecule has 2 aliphatic heterocycles. The first-order valence-corrected chi connectivity index (χ1v) is 10.9. The number of para-hydroxylation sites is 1. The Morgan fingerprint density at radius 1 is 1.17 bits per heavy atom. The fraction of sp³-hybridized carbons (Fsp3) is 0.500. The zero-order chi connectivity index (χ0) is 21.1. The monoisotopic (exact) mass is 431 g/mol. The third-order valence-electron chi connectivity index (χ3n) is 5.44. The molecule has 0 radical (unpaired) electrons. The predicted octanol–water partition coefficient (Wildman–Crippen LogP) is 0.692. The van der Waals surface area contributed by atoms with Crippen molar-refractivity contribution < 1.29 is 19.1 Å². The molecule has 1 aromatic heterocycles. The van der Waals surface area contributed by atoms with Crippen molar-refractivity contribution in [2.24, 2.45) is 0 Å². The normalized spacial score (nSPS) is 17.8. The third kappa shape index (κ3) is 4.39. The number of methoxy groups -OCH3 is 1. The summed E-state index contributed by atoms with van der Waals surface area (Å²) in [5, 5.41) is 3.81. The zero-order valence-electron chi connectivity index (χ0n) is 16.9. The maximum absolute atomic E-state index is 12.0. The first kappa shape index (κ1) is 20.5. The van der Waals surface area contributed by atoms with Crippen molar-refractivity contribution in [3.63, 3.8) is 0 Å². The molecule has 9 nitrogen and oxygen atoms in total. The standard InChI is InChI=1S/C20H25N5O4S/c1-29-14-3-2-4-15-19(14)22-20(30-15)24-11-9-23(10-12-24)8-7-21-16(26)13-25-17(27)5-6-18(25)28/h2-4H,5-13H2,1H3,(H,21,26). The smallest absolute Gasteiger partial charge is 0.240 e. The Morgan fingerprint density at radius 2 is 1.90 bits per heavy atom. The average molecular weight is 432 g/mol. The lowest BCUT2D eigenvalue weighted by atomic mass is 10.3. The molecule has 1 aromatic carbocycles. The number of imide groups is 1. The molecule has 30 heavy (non-hydrogen) atoms. The molecule has 0 saturated carbocycles. The van der Waals surface area contributed by atoms with Crippen LogP contribution in [0.1, 0.15) is 12.8 Å². The lowest BCUT2D eigenvalue weighted by Gasteiger charge is -2.34. The van der Waals surface area contributed by atoms with E-state index in [1.54, 1.807) is 18.4 Å². The molecule has 10 heteroatoms. The van der Waals surface area contributed by atoms with E-state index < -0.39 is 0 Å². The van der Waals surface area contributed by atoms with Gasteiger partial charge in [-0.05, 0) is 12.1 Å². The number of carbonyl (C=O) groups is 3. The number of nitrogens with one attached hydrogen (secondary N) is 1. The SMILES string of the molecule is COc1cccc2sc(N3CCN(CCNC(=O)CN4C(=O)CCC4=O)CC3)nc12. The van der Waals surface area contributed by atoms with Crippen LogP contribution in [0.25, 0.3) is 10.2 Å². The van der Waals surface area contributed by atoms with Crippen molar-refractivity contribution in [3.8, 4) is 5.75 Å². The highest BCUT2D eigenvalue weighted by Crippen LogP contribution is 2.34. The Labute approximate surface area is 178 Å². The van der Waals surface area contributed by atoms with E-state index in [-0.39, 0.29) is 37.1 Å². The molecule has 3 amide bonds. The molecular weight excluding hydrogens is 406 g/mol. The molecule has 2 fully saturated rings. The largest absolute Gasteiger partial charge is 0.494 e. The Morgan fingerprint density at radius 3 is 2.60 bits per heavy atom. The Balaban J connectivity index is 1.22. The molecule has 4 rings (SSSR count). The van der Waals surface area contributed by atoms with E-state index in [4.69, 9.17) is 9.72 Å². The number of carbonyl (C=O) groups excluding carboxylic acids is 3. The maximum atomic E-state index is 12.0. The van der Waals surface area contributed by atoms with Gasteiger partial charge in [-0.25, -0.2) is 4.98 Å². The molecule has 0 spiro atoms. The van der Waals surface area contributed by atoms with Crippen LogP contribution in [0, 0.1) is 0 Å². The number of likely N-dealkylation sites (tertiary alicyclic amines) is 1. The van der Waals surface area contributed by atoms with Crippen molar-refractivity contribution >= 4 is 44.4 Å². The summed E-state index contributed by atoms with van der Waals surface area (Å²) in [5.41, 5.74) is 0.903. The number of aromatic nitrogens is 1. The first-order valence-electron chi connectivity index (χ1n) is 10.1. The number of nitrogens with zero attached hydrogens (tertiary/aromatic N) is 4. The van der Waals surface area contributed by atoms with E-state index in [1.807, 2.05) is 12.1 Å². The van der Waals surface area contributed by atoms with Gasteiger partial charge in [0.2, 0.25) is 17.7 Å². The minimum atomic E-state index is -0.291. The van der Waals surface area contributed by atoms with E-state index in [0.29, 0.717) is 6.54 Å². The Bertz CT molecular complexity index is 938. The Hall–Kier alpha value is -2.72. The second-order valence-electron chi connectivity index (χ2n) is 7.36. The van der Waals surface area contributed by atoms with Gasteiger partial charge < -0.3 is 15.0 Å². The molecule has 0 bridgehead atoms. The predicted molar refractivity (Wildman–Crippen MR) is 114 cm³/mol. The van der Waals surface area contributed by atoms with Crippen LogP contribution in [-0.2, 0) is 14.4 Å². The molecule has 2 aliphatic rings. The van der Waals surface area contributed by atoms with Crippen LogP contribution in [-0.4, -0.2) is 85.4 Å². The molecule has 0 atom stereocenters. The van der Waals surface area contributed by atoms with E-state index in [0.717, 1.165) is 58.7 Å². The molecule has 160 valence electrons. The minimum absolute atomic E-state index is 0.174. The number of amides is 3. The fourth-order valence-electron chi connectivity index (χ4n) is 3.73. The summed E-state index contributed by atoms with van der Waals surface area (Å²) in [5.74, 6) is -0.0279. The fourth-order valence-corrected chi connectivity index (χ4v) is 4.76. The third-order valence-corrected chi connectivity index (χ3v) is 6.52. The summed E-state index contributed by atoms with van der Waals surface area (Å²) >= 11 is 1.67. The maximum Gasteiger partial charge on any atom is 0.240 e. The van der Waals surface area contributed by atoms with Crippen molar-refractivity contribution in [1.82, 2.24) is 20.1 Å². The number of ether oxygens (including phenoxy) is 1. The van der Waals surface area contributed by atoms with Crippen LogP contribution in [0.2, 0.25) is 0 Å². The minimum Gasteiger partial charge on any atom is -0.494 e. The topological polar surface area (TPSA) is 95.1 Å². The summed E-state index contributed by atoms with van der Waals surface area (Å²) in [6.07, 6.45) is 0.412. The van der Waals surface area contributed by atoms with E-state index in [9.17, 15) is 14.4 Å². The number of piperazine rings is 1. The highest BCUT2D eigenvalue weighted by Gasteiger charge is 2.30. The number of hydrogen-bond acceptors (Lipinski definition) is 8. The van der Waals surface area contributed by atoms with Crippen LogP contribution in [0.3, 0.4) is 0 Å². The molecule has 2 aromatic rings. The first-order chi connectivity index (χ1) is 14.5. The highest BCUT2D eigenvalue weighted by molar-refractivity contribution is 7.22. The van der Waals surface area contributed by atoms with Gasteiger partial charge in [0.05, 0.1) is 11.8 Å². The lowest BCUT2D eigenvalue weighted by Crippen LogP contribution is -2.49. The number of hydrogen-bond donors (Lipinski definition) is 1. The van der Waals surface area contributed by atoms with Gasteiger partial charge in [-0.1, -0.05) is 17.4 Å². The molecule has 3 heterocycles. The van der Waals surface area contributed by atoms with Crippen LogP contribution >= 0.6 is 11.3 Å². The van der Waals surface area contributed by atoms with Gasteiger partial charge in [0, 0.05) is 52.1 Å². The van der Waals surface area contributed by atoms with E-state index in [1.165, 1.54) is 0 Å². The number of anilines is 1. The van der Waals surface area contributed by atoms with Gasteiger partial charge in [-0.15, -0.1) is 0 Å². The average Bonchev–Trinajstić information content (AvgIpc) is 3.33. The van der Waals surface area contributed by atoms with Crippen LogP contribution in [0.4, 0.5) is 5.13 Å². The summed E-state index contributed by atoms with van der Waals surface area (Å²) < 4.78 is 6.52. The van der Waals surface area contributed by atoms with Gasteiger partial charge in [0.15, 0.2) is 5.13 Å². The molecular formula is C20H25N5O4S. The van der Waals surface area contributed by atoms with Gasteiger partial charge in [0.1, 0.15) is 17.8 Å². The van der Waals surface area contributed by atoms with Crippen molar-refractivity contribution in [2.75, 3.05) is 57.8 Å². The molecule has 0 aliphatic carbocycles. The molecule has 1 N–H and O–H groups in total. The van der Waals surface area contributed by atoms with Gasteiger partial charge >= 0.3 is 0 Å².